The van der Waals surface area contributed by atoms with Crippen molar-refractivity contribution in [2.75, 3.05) is 13.2 Å². The van der Waals surface area contributed by atoms with Crippen LogP contribution >= 0.6 is 11.3 Å². The van der Waals surface area contributed by atoms with E-state index in [1.165, 1.54) is 0 Å². The molecule has 0 fully saturated rings. The molecule has 14 heavy (non-hydrogen) atoms. The van der Waals surface area contributed by atoms with Crippen LogP contribution in [-0.4, -0.2) is 19.5 Å². The summed E-state index contributed by atoms with van der Waals surface area (Å²) in [6.07, 6.45) is -0.396. The number of thiophene rings is 1. The summed E-state index contributed by atoms with van der Waals surface area (Å²) in [5.74, 6) is 5.95. The van der Waals surface area contributed by atoms with Crippen LogP contribution in [0.1, 0.15) is 18.7 Å². The van der Waals surface area contributed by atoms with Crippen molar-refractivity contribution in [3.63, 3.8) is 0 Å². The van der Waals surface area contributed by atoms with E-state index in [1.807, 2.05) is 31.4 Å². The Morgan fingerprint density at radius 1 is 1.36 bits per heavy atom. The lowest BCUT2D eigenvalue weighted by Crippen LogP contribution is -2.14. The highest BCUT2D eigenvalue weighted by atomic mass is 32.1. The maximum Gasteiger partial charge on any atom is 0.222 e. The maximum absolute atomic E-state index is 5.29. The zero-order valence-electron chi connectivity index (χ0n) is 8.45. The van der Waals surface area contributed by atoms with E-state index in [2.05, 4.69) is 11.8 Å². The fourth-order valence-electron chi connectivity index (χ4n) is 0.914. The highest BCUT2D eigenvalue weighted by Gasteiger charge is 2.01. The third kappa shape index (κ3) is 3.93. The molecule has 0 aliphatic carbocycles. The highest BCUT2D eigenvalue weighted by molar-refractivity contribution is 7.10. The van der Waals surface area contributed by atoms with E-state index < -0.39 is 6.29 Å². The van der Waals surface area contributed by atoms with Crippen LogP contribution in [0, 0.1) is 11.8 Å². The molecule has 0 saturated carbocycles. The fraction of sp³-hybridized carbons (Fsp3) is 0.455. The van der Waals surface area contributed by atoms with Crippen molar-refractivity contribution in [1.29, 1.82) is 0 Å². The molecule has 0 aliphatic heterocycles. The quantitative estimate of drug-likeness (QED) is 0.561. The summed E-state index contributed by atoms with van der Waals surface area (Å²) < 4.78 is 10.6. The SMILES string of the molecule is CCOC(C#Cc1cccs1)OCC. The molecule has 0 saturated heterocycles. The topological polar surface area (TPSA) is 18.5 Å². The minimum Gasteiger partial charge on any atom is -0.342 e. The van der Waals surface area contributed by atoms with Gasteiger partial charge in [-0.3, -0.25) is 0 Å². The lowest BCUT2D eigenvalue weighted by atomic mass is 10.4. The molecule has 76 valence electrons. The molecule has 0 atom stereocenters. The monoisotopic (exact) mass is 210 g/mol. The van der Waals surface area contributed by atoms with Gasteiger partial charge in [-0.2, -0.15) is 0 Å². The normalized spacial score (nSPS) is 9.93. The fourth-order valence-corrected chi connectivity index (χ4v) is 1.49. The smallest absolute Gasteiger partial charge is 0.222 e. The standard InChI is InChI=1S/C11H14O2S/c1-3-12-11(13-4-2)8-7-10-6-5-9-14-10/h5-6,9,11H,3-4H2,1-2H3. The van der Waals surface area contributed by atoms with E-state index in [4.69, 9.17) is 9.47 Å². The summed E-state index contributed by atoms with van der Waals surface area (Å²) in [7, 11) is 0. The Labute approximate surface area is 88.9 Å². The van der Waals surface area contributed by atoms with Gasteiger partial charge in [0.25, 0.3) is 0 Å². The first-order valence-electron chi connectivity index (χ1n) is 4.65. The first kappa shape index (κ1) is 11.3. The van der Waals surface area contributed by atoms with Gasteiger partial charge < -0.3 is 9.47 Å². The Bertz CT molecular complexity index is 289. The lowest BCUT2D eigenvalue weighted by molar-refractivity contribution is -0.0969. The molecular weight excluding hydrogens is 196 g/mol. The van der Waals surface area contributed by atoms with Crippen LogP contribution in [0.25, 0.3) is 0 Å². The minimum atomic E-state index is -0.396. The molecule has 0 unspecified atom stereocenters. The molecule has 0 amide bonds. The van der Waals surface area contributed by atoms with Crippen LogP contribution in [0.3, 0.4) is 0 Å². The van der Waals surface area contributed by atoms with Gasteiger partial charge in [-0.05, 0) is 31.2 Å². The second kappa shape index (κ2) is 6.61. The van der Waals surface area contributed by atoms with E-state index >= 15 is 0 Å². The van der Waals surface area contributed by atoms with Gasteiger partial charge in [0.2, 0.25) is 6.29 Å². The van der Waals surface area contributed by atoms with Gasteiger partial charge in [-0.15, -0.1) is 11.3 Å². The van der Waals surface area contributed by atoms with E-state index in [0.29, 0.717) is 13.2 Å². The zero-order chi connectivity index (χ0) is 10.2. The average molecular weight is 210 g/mol. The van der Waals surface area contributed by atoms with Crippen molar-refractivity contribution >= 4 is 11.3 Å². The number of hydrogen-bond donors (Lipinski definition) is 0. The van der Waals surface area contributed by atoms with Crippen LogP contribution in [0.4, 0.5) is 0 Å². The predicted octanol–water partition coefficient (Wildman–Crippen LogP) is 2.50. The van der Waals surface area contributed by atoms with Gasteiger partial charge in [-0.25, -0.2) is 0 Å². The van der Waals surface area contributed by atoms with Gasteiger partial charge in [0, 0.05) is 13.2 Å². The Kier molecular flexibility index (Phi) is 5.31. The highest BCUT2D eigenvalue weighted by Crippen LogP contribution is 2.06. The summed E-state index contributed by atoms with van der Waals surface area (Å²) in [5, 5.41) is 2.00. The Morgan fingerprint density at radius 3 is 2.57 bits per heavy atom. The van der Waals surface area contributed by atoms with Crippen LogP contribution in [0.2, 0.25) is 0 Å². The molecule has 1 aromatic rings. The largest absolute Gasteiger partial charge is 0.342 e. The van der Waals surface area contributed by atoms with Gasteiger partial charge >= 0.3 is 0 Å². The molecule has 0 aromatic carbocycles. The minimum absolute atomic E-state index is 0.396. The van der Waals surface area contributed by atoms with Crippen LogP contribution in [0.5, 0.6) is 0 Å². The molecule has 0 radical (unpaired) electrons. The van der Waals surface area contributed by atoms with Gasteiger partial charge in [0.05, 0.1) is 4.88 Å². The lowest BCUT2D eigenvalue weighted by Gasteiger charge is -2.09. The van der Waals surface area contributed by atoms with Crippen LogP contribution in [0.15, 0.2) is 17.5 Å². The van der Waals surface area contributed by atoms with Crippen molar-refractivity contribution in [2.45, 2.75) is 20.1 Å². The summed E-state index contributed by atoms with van der Waals surface area (Å²) in [4.78, 5) is 1.04. The Hall–Kier alpha value is -0.820. The van der Waals surface area contributed by atoms with Crippen molar-refractivity contribution in [3.8, 4) is 11.8 Å². The molecule has 0 N–H and O–H groups in total. The Balaban J connectivity index is 2.53. The molecule has 1 aromatic heterocycles. The molecule has 3 heteroatoms. The van der Waals surface area contributed by atoms with E-state index in [-0.39, 0.29) is 0 Å². The molecule has 2 nitrogen and oxygen atoms in total. The second-order valence-electron chi connectivity index (χ2n) is 2.49. The van der Waals surface area contributed by atoms with Crippen LogP contribution < -0.4 is 0 Å². The molecule has 0 bridgehead atoms. The summed E-state index contributed by atoms with van der Waals surface area (Å²) in [6.45, 7) is 5.09. The van der Waals surface area contributed by atoms with Crippen LogP contribution in [-0.2, 0) is 9.47 Å². The third-order valence-corrected chi connectivity index (χ3v) is 2.26. The molecule has 0 aliphatic rings. The first-order valence-corrected chi connectivity index (χ1v) is 5.53. The third-order valence-electron chi connectivity index (χ3n) is 1.47. The van der Waals surface area contributed by atoms with Crippen molar-refractivity contribution < 1.29 is 9.47 Å². The summed E-state index contributed by atoms with van der Waals surface area (Å²) in [5.41, 5.74) is 0. The van der Waals surface area contributed by atoms with Gasteiger partial charge in [-0.1, -0.05) is 12.0 Å². The summed E-state index contributed by atoms with van der Waals surface area (Å²) in [6, 6.07) is 3.96. The average Bonchev–Trinajstić information content (AvgIpc) is 2.67. The maximum atomic E-state index is 5.29. The first-order chi connectivity index (χ1) is 6.86. The number of hydrogen-bond acceptors (Lipinski definition) is 3. The molecular formula is C11H14O2S. The van der Waals surface area contributed by atoms with Crippen molar-refractivity contribution in [3.05, 3.63) is 22.4 Å². The second-order valence-corrected chi connectivity index (χ2v) is 3.44. The van der Waals surface area contributed by atoms with Crippen molar-refractivity contribution in [2.24, 2.45) is 0 Å². The molecule has 1 rings (SSSR count). The summed E-state index contributed by atoms with van der Waals surface area (Å²) >= 11 is 1.62. The van der Waals surface area contributed by atoms with Gasteiger partial charge in [0.15, 0.2) is 0 Å². The van der Waals surface area contributed by atoms with Gasteiger partial charge in [0.1, 0.15) is 0 Å². The van der Waals surface area contributed by atoms with E-state index in [1.54, 1.807) is 11.3 Å². The molecule has 0 spiro atoms. The predicted molar refractivity (Wildman–Crippen MR) is 58.2 cm³/mol. The zero-order valence-corrected chi connectivity index (χ0v) is 9.26. The van der Waals surface area contributed by atoms with E-state index in [0.717, 1.165) is 4.88 Å². The Morgan fingerprint density at radius 2 is 2.07 bits per heavy atom. The van der Waals surface area contributed by atoms with E-state index in [9.17, 15) is 0 Å². The number of rotatable bonds is 4. The molecule has 1 heterocycles. The number of ether oxygens (including phenoxy) is 2. The van der Waals surface area contributed by atoms with Crippen molar-refractivity contribution in [1.82, 2.24) is 0 Å².